The number of furan rings is 2. The Hall–Kier alpha value is -7.20. The van der Waals surface area contributed by atoms with Crippen molar-refractivity contribution in [1.29, 1.82) is 0 Å². The van der Waals surface area contributed by atoms with E-state index in [1.807, 2.05) is 29.5 Å². The highest BCUT2D eigenvalue weighted by molar-refractivity contribution is 7.26. The number of hydrogen-bond donors (Lipinski definition) is 0. The van der Waals surface area contributed by atoms with Crippen molar-refractivity contribution >= 4 is 108 Å². The van der Waals surface area contributed by atoms with Crippen LogP contribution in [0.5, 0.6) is 0 Å². The molecule has 0 saturated carbocycles. The van der Waals surface area contributed by atoms with Crippen LogP contribution in [0.2, 0.25) is 0 Å². The Morgan fingerprint density at radius 3 is 1.49 bits per heavy atom. The fourth-order valence-electron chi connectivity index (χ4n) is 9.59. The number of rotatable bonds is 3. The van der Waals surface area contributed by atoms with E-state index in [0.717, 1.165) is 38.5 Å². The number of thiophene rings is 1. The second kappa shape index (κ2) is 11.7. The first-order chi connectivity index (χ1) is 28.3. The van der Waals surface area contributed by atoms with Crippen LogP contribution >= 0.6 is 11.3 Å². The summed E-state index contributed by atoms with van der Waals surface area (Å²) in [4.78, 5) is 0. The van der Waals surface area contributed by atoms with E-state index < -0.39 is 0 Å². The van der Waals surface area contributed by atoms with Crippen molar-refractivity contribution in [3.8, 4) is 33.4 Å². The van der Waals surface area contributed by atoms with E-state index in [1.165, 1.54) is 91.3 Å². The maximum atomic E-state index is 6.58. The van der Waals surface area contributed by atoms with E-state index in [1.54, 1.807) is 0 Å². The van der Waals surface area contributed by atoms with Gasteiger partial charge in [-0.1, -0.05) is 140 Å². The van der Waals surface area contributed by atoms with Crippen LogP contribution in [0, 0.1) is 0 Å². The van der Waals surface area contributed by atoms with Crippen LogP contribution in [-0.2, 0) is 0 Å². The zero-order valence-corrected chi connectivity index (χ0v) is 31.4. The first kappa shape index (κ1) is 31.1. The summed E-state index contributed by atoms with van der Waals surface area (Å²) in [5, 5.41) is 14.5. The van der Waals surface area contributed by atoms with Crippen LogP contribution < -0.4 is 0 Å². The Kier molecular flexibility index (Phi) is 6.35. The summed E-state index contributed by atoms with van der Waals surface area (Å²) in [5.74, 6) is 0. The van der Waals surface area contributed by atoms with Gasteiger partial charge in [-0.2, -0.15) is 0 Å². The lowest BCUT2D eigenvalue weighted by atomic mass is 9.85. The molecule has 0 amide bonds. The summed E-state index contributed by atoms with van der Waals surface area (Å²) >= 11 is 1.85. The summed E-state index contributed by atoms with van der Waals surface area (Å²) in [6, 6.07) is 66.1. The molecule has 0 aliphatic rings. The average Bonchev–Trinajstić information content (AvgIpc) is 3.96. The molecule has 2 nitrogen and oxygen atoms in total. The summed E-state index contributed by atoms with van der Waals surface area (Å²) < 4.78 is 15.3. The van der Waals surface area contributed by atoms with Crippen LogP contribution in [0.4, 0.5) is 0 Å². The molecule has 0 unspecified atom stereocenters. The predicted molar refractivity (Wildman–Crippen MR) is 243 cm³/mol. The molecule has 3 aromatic heterocycles. The average molecular weight is 743 g/mol. The van der Waals surface area contributed by atoms with Crippen LogP contribution in [0.3, 0.4) is 0 Å². The summed E-state index contributed by atoms with van der Waals surface area (Å²) in [7, 11) is 0. The van der Waals surface area contributed by atoms with Crippen molar-refractivity contribution in [3.05, 3.63) is 182 Å². The number of fused-ring (bicyclic) bond motifs is 14. The van der Waals surface area contributed by atoms with Gasteiger partial charge < -0.3 is 8.83 Å². The lowest BCUT2D eigenvalue weighted by Crippen LogP contribution is -1.91. The lowest BCUT2D eigenvalue weighted by Gasteiger charge is -2.18. The molecule has 0 saturated heterocycles. The van der Waals surface area contributed by atoms with E-state index in [0.29, 0.717) is 0 Å². The van der Waals surface area contributed by atoms with Crippen LogP contribution in [0.25, 0.3) is 130 Å². The van der Waals surface area contributed by atoms with Gasteiger partial charge in [-0.25, -0.2) is 0 Å². The Morgan fingerprint density at radius 1 is 0.298 bits per heavy atom. The molecule has 3 heterocycles. The van der Waals surface area contributed by atoms with Gasteiger partial charge in [0.1, 0.15) is 22.3 Å². The topological polar surface area (TPSA) is 26.3 Å². The van der Waals surface area contributed by atoms with Crippen molar-refractivity contribution in [2.24, 2.45) is 0 Å². The minimum atomic E-state index is 0.910. The predicted octanol–water partition coefficient (Wildman–Crippen LogP) is 16.3. The molecule has 13 aromatic rings. The van der Waals surface area contributed by atoms with Gasteiger partial charge in [0, 0.05) is 41.7 Å². The van der Waals surface area contributed by atoms with Gasteiger partial charge in [0.15, 0.2) is 0 Å². The third-order valence-electron chi connectivity index (χ3n) is 12.1. The third kappa shape index (κ3) is 4.40. The Labute approximate surface area is 330 Å². The van der Waals surface area contributed by atoms with Gasteiger partial charge in [-0.3, -0.25) is 0 Å². The van der Waals surface area contributed by atoms with Crippen molar-refractivity contribution < 1.29 is 8.83 Å². The highest BCUT2D eigenvalue weighted by Crippen LogP contribution is 2.48. The van der Waals surface area contributed by atoms with Crippen molar-refractivity contribution in [3.63, 3.8) is 0 Å². The van der Waals surface area contributed by atoms with E-state index in [2.05, 4.69) is 164 Å². The molecule has 264 valence electrons. The second-order valence-corrected chi connectivity index (χ2v) is 16.2. The molecule has 0 atom stereocenters. The van der Waals surface area contributed by atoms with E-state index >= 15 is 0 Å². The molecular formula is C54H30O2S. The standard InChI is InChI=1S/C54H30O2S/c1-2-14-37-34(11-1)43(30-49-52(37)53-48(57-49)28-26-42-35-12-7-10-20-46(35)56-54(42)53)31-21-23-32(24-22-31)50-38-15-3-5-17-40(38)51(41-18-6-4-16-39(41)50)33-25-27-47-44(29-33)36-13-8-9-19-45(36)55-47/h1-30H. The quantitative estimate of drug-likeness (QED) is 0.169. The van der Waals surface area contributed by atoms with Gasteiger partial charge in [-0.15, -0.1) is 11.3 Å². The van der Waals surface area contributed by atoms with E-state index in [4.69, 9.17) is 8.83 Å². The summed E-state index contributed by atoms with van der Waals surface area (Å²) in [6.45, 7) is 0. The molecule has 0 fully saturated rings. The Balaban J connectivity index is 0.996. The fraction of sp³-hybridized carbons (Fsp3) is 0. The van der Waals surface area contributed by atoms with Crippen molar-refractivity contribution in [1.82, 2.24) is 0 Å². The maximum absolute atomic E-state index is 6.58. The number of benzene rings is 10. The molecule has 0 N–H and O–H groups in total. The molecule has 13 rings (SSSR count). The van der Waals surface area contributed by atoms with Crippen LogP contribution in [0.15, 0.2) is 191 Å². The van der Waals surface area contributed by atoms with Gasteiger partial charge in [0.2, 0.25) is 0 Å². The van der Waals surface area contributed by atoms with Crippen LogP contribution in [-0.4, -0.2) is 0 Å². The smallest absolute Gasteiger partial charge is 0.144 e. The molecule has 0 aliphatic carbocycles. The maximum Gasteiger partial charge on any atom is 0.144 e. The SMILES string of the molecule is c1ccc2c(c1)oc1ccc(-c3c4ccccc4c(-c4ccc(-c5cc6sc7ccc8c9ccccc9oc8c7c6c6ccccc56)cc4)c4ccccc34)cc12. The van der Waals surface area contributed by atoms with Crippen LogP contribution in [0.1, 0.15) is 0 Å². The highest BCUT2D eigenvalue weighted by Gasteiger charge is 2.21. The molecule has 0 spiro atoms. The minimum absolute atomic E-state index is 0.910. The van der Waals surface area contributed by atoms with Gasteiger partial charge in [-0.05, 0) is 108 Å². The lowest BCUT2D eigenvalue weighted by molar-refractivity contribution is 0.669. The highest BCUT2D eigenvalue weighted by atomic mass is 32.1. The molecule has 0 bridgehead atoms. The monoisotopic (exact) mass is 742 g/mol. The van der Waals surface area contributed by atoms with Gasteiger partial charge in [0.25, 0.3) is 0 Å². The van der Waals surface area contributed by atoms with Gasteiger partial charge >= 0.3 is 0 Å². The molecular weight excluding hydrogens is 713 g/mol. The summed E-state index contributed by atoms with van der Waals surface area (Å²) in [5.41, 5.74) is 11.1. The Morgan fingerprint density at radius 2 is 0.807 bits per heavy atom. The largest absolute Gasteiger partial charge is 0.456 e. The molecule has 0 radical (unpaired) electrons. The molecule has 57 heavy (non-hydrogen) atoms. The second-order valence-electron chi connectivity index (χ2n) is 15.1. The minimum Gasteiger partial charge on any atom is -0.456 e. The molecule has 3 heteroatoms. The Bertz CT molecular complexity index is 3750. The summed E-state index contributed by atoms with van der Waals surface area (Å²) in [6.07, 6.45) is 0. The first-order valence-electron chi connectivity index (χ1n) is 19.4. The van der Waals surface area contributed by atoms with E-state index in [9.17, 15) is 0 Å². The fourth-order valence-corrected chi connectivity index (χ4v) is 10.7. The zero-order chi connectivity index (χ0) is 37.2. The zero-order valence-electron chi connectivity index (χ0n) is 30.5. The number of para-hydroxylation sites is 2. The van der Waals surface area contributed by atoms with Gasteiger partial charge in [0.05, 0.1) is 0 Å². The first-order valence-corrected chi connectivity index (χ1v) is 20.2. The molecule has 0 aliphatic heterocycles. The van der Waals surface area contributed by atoms with E-state index in [-0.39, 0.29) is 0 Å². The number of hydrogen-bond acceptors (Lipinski definition) is 3. The normalized spacial score (nSPS) is 12.2. The third-order valence-corrected chi connectivity index (χ3v) is 13.2. The molecule has 10 aromatic carbocycles. The van der Waals surface area contributed by atoms with Crippen molar-refractivity contribution in [2.45, 2.75) is 0 Å². The van der Waals surface area contributed by atoms with Crippen molar-refractivity contribution in [2.75, 3.05) is 0 Å².